The van der Waals surface area contributed by atoms with E-state index in [2.05, 4.69) is 54.5 Å². The molecule has 0 bridgehead atoms. The van der Waals surface area contributed by atoms with Gasteiger partial charge >= 0.3 is 11.9 Å². The number of allylic oxidation sites excluding steroid dienone is 2. The van der Waals surface area contributed by atoms with Gasteiger partial charge in [-0.25, -0.2) is 4.79 Å². The molecule has 4 aliphatic heterocycles. The van der Waals surface area contributed by atoms with E-state index in [0.717, 1.165) is 24.8 Å². The highest BCUT2D eigenvalue weighted by molar-refractivity contribution is 5.87. The van der Waals surface area contributed by atoms with Crippen molar-refractivity contribution in [1.29, 1.82) is 0 Å². The van der Waals surface area contributed by atoms with Gasteiger partial charge in [-0.15, -0.1) is 0 Å². The van der Waals surface area contributed by atoms with Gasteiger partial charge in [-0.3, -0.25) is 4.79 Å². The first-order chi connectivity index (χ1) is 41.5. The fraction of sp³-hybridized carbons (Fsp3) is 0.810. The lowest BCUT2D eigenvalue weighted by molar-refractivity contribution is -0.401. The Balaban J connectivity index is 0.866. The molecule has 496 valence electrons. The molecule has 14 N–H and O–H groups in total. The summed E-state index contributed by atoms with van der Waals surface area (Å²) >= 11 is 0. The van der Waals surface area contributed by atoms with Gasteiger partial charge in [-0.1, -0.05) is 90.4 Å². The number of rotatable bonds is 16. The molecule has 1 aromatic rings. The Labute approximate surface area is 511 Å². The molecule has 0 unspecified atom stereocenters. The molecule has 4 saturated heterocycles. The van der Waals surface area contributed by atoms with E-state index in [9.17, 15) is 81.1 Å². The molecule has 0 amide bonds. The van der Waals surface area contributed by atoms with Crippen molar-refractivity contribution in [2.45, 2.75) is 241 Å². The molecule has 29 atom stereocenters. The van der Waals surface area contributed by atoms with Gasteiger partial charge in [0, 0.05) is 17.9 Å². The van der Waals surface area contributed by atoms with Crippen LogP contribution in [0.5, 0.6) is 0 Å². The van der Waals surface area contributed by atoms with Crippen molar-refractivity contribution in [1.82, 2.24) is 0 Å². The number of benzene rings is 1. The molecule has 8 fully saturated rings. The predicted octanol–water partition coefficient (Wildman–Crippen LogP) is -0.234. The topological polar surface area (TPSA) is 400 Å². The quantitative estimate of drug-likeness (QED) is 0.0440. The molecule has 0 aromatic heterocycles. The molecule has 0 radical (unpaired) electrons. The van der Waals surface area contributed by atoms with E-state index in [0.29, 0.717) is 32.1 Å². The Kier molecular flexibility index (Phi) is 19.7. The molecular formula is C63H94O25. The summed E-state index contributed by atoms with van der Waals surface area (Å²) in [5.41, 5.74) is -1.14. The minimum atomic E-state index is -2.11. The fourth-order valence-corrected chi connectivity index (χ4v) is 17.7. The highest BCUT2D eigenvalue weighted by atomic mass is 16.8. The zero-order chi connectivity index (χ0) is 64.0. The number of esters is 1. The molecule has 25 heteroatoms. The van der Waals surface area contributed by atoms with Crippen molar-refractivity contribution in [3.05, 3.63) is 53.6 Å². The SMILES string of the molecule is CC1(C)C[C@H]2C3=CC[C@@H]4[C@@]5(C)CC[C@H](O[C@@H]6O[C@H](CO)[C@@H](O)[C@H](O)[C@H]6O[C@@H]6O[C@H](CO)[C@@H](O)[C@H](O[C@@H]7O[C@H](CO)[C@@H](O)[C@H](O)[C@H]7O[C@@H]7O[C@H](CO)[C@@H](O)[C@H](O)[C@H]7O)[C@H]6O)C(C)(C)[C@@H]5CC[C@@]4(C)[C@]3(C)CC[C@@]2(C(=O)O)C[C@@H]1OC(=O)/C=C/c1ccccc1. The van der Waals surface area contributed by atoms with E-state index in [-0.39, 0.29) is 40.4 Å². The summed E-state index contributed by atoms with van der Waals surface area (Å²) in [4.78, 5) is 27.2. The number of carboxylic acid groups (broad SMARTS) is 1. The first-order valence-corrected chi connectivity index (χ1v) is 31.1. The summed E-state index contributed by atoms with van der Waals surface area (Å²) in [6, 6.07) is 9.42. The molecule has 0 spiro atoms. The normalized spacial score (nSPS) is 49.1. The third kappa shape index (κ3) is 11.6. The average molecular weight is 1250 g/mol. The van der Waals surface area contributed by atoms with E-state index in [1.165, 1.54) is 11.6 Å². The summed E-state index contributed by atoms with van der Waals surface area (Å²) in [7, 11) is 0. The molecule has 9 aliphatic rings. The fourth-order valence-electron chi connectivity index (χ4n) is 17.7. The van der Waals surface area contributed by atoms with Crippen LogP contribution in [0.1, 0.15) is 112 Å². The number of ether oxygens (including phenoxy) is 9. The molecule has 88 heavy (non-hydrogen) atoms. The molecule has 25 nitrogen and oxygen atoms in total. The lowest BCUT2D eigenvalue weighted by atomic mass is 9.33. The van der Waals surface area contributed by atoms with E-state index < -0.39 is 190 Å². The van der Waals surface area contributed by atoms with Gasteiger partial charge in [-0.2, -0.15) is 0 Å². The lowest BCUT2D eigenvalue weighted by Crippen LogP contribution is -2.68. The highest BCUT2D eigenvalue weighted by Crippen LogP contribution is 2.76. The first kappa shape index (κ1) is 67.7. The van der Waals surface area contributed by atoms with Crippen molar-refractivity contribution in [2.75, 3.05) is 26.4 Å². The Morgan fingerprint density at radius 1 is 0.545 bits per heavy atom. The van der Waals surface area contributed by atoms with Crippen LogP contribution >= 0.6 is 0 Å². The summed E-state index contributed by atoms with van der Waals surface area (Å²) in [5, 5.41) is 153. The van der Waals surface area contributed by atoms with Gasteiger partial charge in [-0.05, 0) is 102 Å². The van der Waals surface area contributed by atoms with Crippen LogP contribution in [0.25, 0.3) is 6.08 Å². The van der Waals surface area contributed by atoms with Crippen molar-refractivity contribution >= 4 is 18.0 Å². The largest absolute Gasteiger partial charge is 0.481 e. The third-order valence-electron chi connectivity index (χ3n) is 23.1. The average Bonchev–Trinajstić information content (AvgIpc) is 0.678. The van der Waals surface area contributed by atoms with Crippen LogP contribution in [-0.2, 0) is 52.2 Å². The highest BCUT2D eigenvalue weighted by Gasteiger charge is 2.71. The first-order valence-electron chi connectivity index (χ1n) is 31.1. The van der Waals surface area contributed by atoms with E-state index in [1.807, 2.05) is 30.3 Å². The lowest BCUT2D eigenvalue weighted by Gasteiger charge is -2.71. The molecule has 4 heterocycles. The summed E-state index contributed by atoms with van der Waals surface area (Å²) in [6.07, 6.45) is -26.9. The predicted molar refractivity (Wildman–Crippen MR) is 304 cm³/mol. The number of carboxylic acids is 1. The van der Waals surface area contributed by atoms with Crippen LogP contribution < -0.4 is 0 Å². The second-order valence-corrected chi connectivity index (χ2v) is 28.5. The number of fused-ring (bicyclic) bond motifs is 7. The maximum absolute atomic E-state index is 13.8. The van der Waals surface area contributed by atoms with Gasteiger partial charge < -0.3 is 114 Å². The maximum atomic E-state index is 13.8. The Morgan fingerprint density at radius 3 is 1.64 bits per heavy atom. The smallest absolute Gasteiger partial charge is 0.331 e. The summed E-state index contributed by atoms with van der Waals surface area (Å²) in [6.45, 7) is 12.0. The third-order valence-corrected chi connectivity index (χ3v) is 23.1. The Morgan fingerprint density at radius 2 is 1.07 bits per heavy atom. The van der Waals surface area contributed by atoms with Gasteiger partial charge in [0.1, 0.15) is 104 Å². The maximum Gasteiger partial charge on any atom is 0.331 e. The van der Waals surface area contributed by atoms with Crippen LogP contribution in [-0.4, -0.2) is 245 Å². The van der Waals surface area contributed by atoms with Gasteiger partial charge in [0.15, 0.2) is 25.2 Å². The Hall–Kier alpha value is -3.20. The molecule has 1 aromatic carbocycles. The van der Waals surface area contributed by atoms with Crippen molar-refractivity contribution < 1.29 is 124 Å². The molecule has 4 saturated carbocycles. The second-order valence-electron chi connectivity index (χ2n) is 28.5. The number of carbonyl (C=O) groups is 2. The summed E-state index contributed by atoms with van der Waals surface area (Å²) < 4.78 is 54.6. The molecule has 10 rings (SSSR count). The zero-order valence-corrected chi connectivity index (χ0v) is 51.0. The minimum Gasteiger partial charge on any atom is -0.481 e. The summed E-state index contributed by atoms with van der Waals surface area (Å²) in [5.74, 6) is -1.47. The number of carbonyl (C=O) groups excluding carboxylic acids is 1. The standard InChI is InChI=1S/C63H94O25/c1-58(2)23-31-30-14-15-37-60(5)19-18-38(59(3,4)36(60)17-20-62(37,7)61(30,6)21-22-63(31,57(78)79)24-39(58)84-40(68)16-13-29-11-9-8-10-12-29)85-55-51(46(74)42(70)33(26-65)82-55)88-54-49(77)50(44(72)35(28-67)81-54)86-56-52(47(75)43(71)34(27-66)83-56)87-53-48(76)45(73)41(69)32(25-64)80-53/h8-14,16,31-39,41-56,64-67,69-77H,15,17-28H2,1-7H3,(H,78,79)/b16-13+/t31-,32+,33+,34+,35+,36-,37+,38-,39-,41+,42+,43+,44+,45-,46-,47-,48+,49+,50-,51+,52+,53-,54-,55-,56-,60-,61+,62+,63+/m0/s1. The number of hydrogen-bond acceptors (Lipinski definition) is 24. The minimum absolute atomic E-state index is 0.0398. The van der Waals surface area contributed by atoms with Crippen LogP contribution in [0.15, 0.2) is 48.1 Å². The molecule has 5 aliphatic carbocycles. The van der Waals surface area contributed by atoms with Gasteiger partial charge in [0.2, 0.25) is 0 Å². The zero-order valence-electron chi connectivity index (χ0n) is 51.0. The van der Waals surface area contributed by atoms with Crippen LogP contribution in [0.2, 0.25) is 0 Å². The van der Waals surface area contributed by atoms with Crippen molar-refractivity contribution in [2.24, 2.45) is 50.2 Å². The van der Waals surface area contributed by atoms with Crippen molar-refractivity contribution in [3.63, 3.8) is 0 Å². The molecular weight excluding hydrogens is 1160 g/mol. The van der Waals surface area contributed by atoms with Crippen LogP contribution in [0.4, 0.5) is 0 Å². The number of hydrogen-bond donors (Lipinski definition) is 14. The van der Waals surface area contributed by atoms with Gasteiger partial charge in [0.25, 0.3) is 0 Å². The van der Waals surface area contributed by atoms with E-state index in [4.69, 9.17) is 42.6 Å². The van der Waals surface area contributed by atoms with E-state index in [1.54, 1.807) is 6.08 Å². The van der Waals surface area contributed by atoms with Crippen LogP contribution in [0.3, 0.4) is 0 Å². The second kappa shape index (κ2) is 25.6. The van der Waals surface area contributed by atoms with Crippen LogP contribution in [0, 0.1) is 50.2 Å². The number of aliphatic hydroxyl groups excluding tert-OH is 13. The van der Waals surface area contributed by atoms with Crippen molar-refractivity contribution in [3.8, 4) is 0 Å². The number of aliphatic hydroxyl groups is 13. The monoisotopic (exact) mass is 1250 g/mol. The van der Waals surface area contributed by atoms with E-state index >= 15 is 0 Å². The Bertz CT molecular complexity index is 2660. The number of aliphatic carboxylic acids is 1. The van der Waals surface area contributed by atoms with Gasteiger partial charge in [0.05, 0.1) is 37.9 Å².